The van der Waals surface area contributed by atoms with Gasteiger partial charge in [0.05, 0.1) is 5.39 Å². The van der Waals surface area contributed by atoms with Crippen LogP contribution in [0.15, 0.2) is 60.2 Å². The highest BCUT2D eigenvalue weighted by molar-refractivity contribution is 7.17. The zero-order valence-corrected chi connectivity index (χ0v) is 15.3. The highest BCUT2D eigenvalue weighted by atomic mass is 35.5. The average molecular weight is 404 g/mol. The largest absolute Gasteiger partial charge is 0.435 e. The maximum absolute atomic E-state index is 12.3. The Bertz CT molecular complexity index is 1070. The third-order valence-corrected chi connectivity index (χ3v) is 5.01. The minimum absolute atomic E-state index is 0.0979. The monoisotopic (exact) mass is 403 g/mol. The third-order valence-electron chi connectivity index (χ3n) is 3.87. The standard InChI is InChI=1S/C19H12ClF2N3OS/c20-12-3-1-11(2-4-12)15-9-27-18-16(15)17(23-10-24-18)25-13-5-7-14(8-6-13)26-19(21)22/h1-10,19H,(H,23,24,25). The van der Waals surface area contributed by atoms with Crippen LogP contribution in [0.25, 0.3) is 21.3 Å². The molecule has 0 atom stereocenters. The van der Waals surface area contributed by atoms with Gasteiger partial charge in [0.25, 0.3) is 0 Å². The summed E-state index contributed by atoms with van der Waals surface area (Å²) in [5, 5.41) is 6.80. The molecule has 0 fully saturated rings. The molecular weight excluding hydrogens is 392 g/mol. The Morgan fingerprint density at radius 1 is 1.00 bits per heavy atom. The number of ether oxygens (including phenoxy) is 1. The van der Waals surface area contributed by atoms with Crippen LogP contribution in [0.2, 0.25) is 5.02 Å². The Morgan fingerprint density at radius 3 is 2.44 bits per heavy atom. The second-order valence-electron chi connectivity index (χ2n) is 5.59. The minimum Gasteiger partial charge on any atom is -0.435 e. The number of thiophene rings is 1. The summed E-state index contributed by atoms with van der Waals surface area (Å²) in [5.74, 6) is 0.731. The number of rotatable bonds is 5. The molecule has 1 N–H and O–H groups in total. The molecule has 0 spiro atoms. The van der Waals surface area contributed by atoms with Gasteiger partial charge in [-0.3, -0.25) is 0 Å². The molecular formula is C19H12ClF2N3OS. The van der Waals surface area contributed by atoms with Crippen molar-refractivity contribution >= 4 is 44.7 Å². The lowest BCUT2D eigenvalue weighted by Gasteiger charge is -2.10. The van der Waals surface area contributed by atoms with Crippen LogP contribution >= 0.6 is 22.9 Å². The van der Waals surface area contributed by atoms with E-state index in [-0.39, 0.29) is 5.75 Å². The molecule has 0 aliphatic heterocycles. The van der Waals surface area contributed by atoms with Gasteiger partial charge in [-0.15, -0.1) is 11.3 Å². The minimum atomic E-state index is -2.85. The summed E-state index contributed by atoms with van der Waals surface area (Å²) >= 11 is 7.50. The second-order valence-corrected chi connectivity index (χ2v) is 6.88. The summed E-state index contributed by atoms with van der Waals surface area (Å²) < 4.78 is 28.9. The van der Waals surface area contributed by atoms with Crippen LogP contribution in [0.1, 0.15) is 0 Å². The van der Waals surface area contributed by atoms with E-state index in [2.05, 4.69) is 20.0 Å². The Balaban J connectivity index is 1.69. The number of anilines is 2. The van der Waals surface area contributed by atoms with Crippen LogP contribution in [0.4, 0.5) is 20.3 Å². The molecule has 2 heterocycles. The SMILES string of the molecule is FC(F)Oc1ccc(Nc2ncnc3scc(-c4ccc(Cl)cc4)c23)cc1. The molecule has 8 heteroatoms. The Morgan fingerprint density at radius 2 is 1.74 bits per heavy atom. The lowest BCUT2D eigenvalue weighted by atomic mass is 10.1. The van der Waals surface area contributed by atoms with Gasteiger partial charge in [-0.05, 0) is 42.0 Å². The first-order valence-electron chi connectivity index (χ1n) is 7.90. The number of nitrogens with one attached hydrogen (secondary N) is 1. The molecule has 0 bridgehead atoms. The van der Waals surface area contributed by atoms with Gasteiger partial charge in [0.15, 0.2) is 0 Å². The maximum Gasteiger partial charge on any atom is 0.387 e. The Hall–Kier alpha value is -2.77. The first-order chi connectivity index (χ1) is 13.1. The quantitative estimate of drug-likeness (QED) is 0.421. The number of halogens is 3. The van der Waals surface area contributed by atoms with Crippen molar-refractivity contribution in [1.82, 2.24) is 9.97 Å². The highest BCUT2D eigenvalue weighted by Gasteiger charge is 2.13. The van der Waals surface area contributed by atoms with Crippen molar-refractivity contribution in [3.63, 3.8) is 0 Å². The molecule has 0 aliphatic carbocycles. The molecule has 4 nitrogen and oxygen atoms in total. The van der Waals surface area contributed by atoms with Crippen molar-refractivity contribution in [3.8, 4) is 16.9 Å². The van der Waals surface area contributed by atoms with Gasteiger partial charge in [0.1, 0.15) is 22.7 Å². The van der Waals surface area contributed by atoms with Crippen molar-refractivity contribution < 1.29 is 13.5 Å². The van der Waals surface area contributed by atoms with E-state index >= 15 is 0 Å². The van der Waals surface area contributed by atoms with Crippen molar-refractivity contribution in [3.05, 3.63) is 65.3 Å². The number of fused-ring (bicyclic) bond motifs is 1. The average Bonchev–Trinajstić information content (AvgIpc) is 3.09. The van der Waals surface area contributed by atoms with E-state index in [1.165, 1.54) is 29.8 Å². The van der Waals surface area contributed by atoms with Crippen LogP contribution in [0.3, 0.4) is 0 Å². The molecule has 0 saturated carbocycles. The fraction of sp³-hybridized carbons (Fsp3) is 0.0526. The summed E-state index contributed by atoms with van der Waals surface area (Å²) in [6, 6.07) is 13.8. The zero-order valence-electron chi connectivity index (χ0n) is 13.7. The fourth-order valence-electron chi connectivity index (χ4n) is 2.67. The van der Waals surface area contributed by atoms with Crippen LogP contribution < -0.4 is 10.1 Å². The first kappa shape index (κ1) is 17.6. The predicted octanol–water partition coefficient (Wildman–Crippen LogP) is 6.36. The molecule has 0 amide bonds. The molecule has 2 aromatic heterocycles. The van der Waals surface area contributed by atoms with E-state index < -0.39 is 6.61 Å². The molecule has 136 valence electrons. The molecule has 0 radical (unpaired) electrons. The van der Waals surface area contributed by atoms with E-state index in [1.54, 1.807) is 12.1 Å². The van der Waals surface area contributed by atoms with Gasteiger partial charge in [-0.2, -0.15) is 8.78 Å². The van der Waals surface area contributed by atoms with Crippen molar-refractivity contribution in [2.24, 2.45) is 0 Å². The van der Waals surface area contributed by atoms with Crippen molar-refractivity contribution in [2.45, 2.75) is 6.61 Å². The van der Waals surface area contributed by atoms with Gasteiger partial charge in [-0.1, -0.05) is 23.7 Å². The molecule has 2 aromatic carbocycles. The topological polar surface area (TPSA) is 47.0 Å². The fourth-order valence-corrected chi connectivity index (χ4v) is 3.71. The van der Waals surface area contributed by atoms with Crippen molar-refractivity contribution in [1.29, 1.82) is 0 Å². The summed E-state index contributed by atoms with van der Waals surface area (Å²) in [6.07, 6.45) is 1.49. The van der Waals surface area contributed by atoms with E-state index in [4.69, 9.17) is 11.6 Å². The van der Waals surface area contributed by atoms with Gasteiger partial charge < -0.3 is 10.1 Å². The summed E-state index contributed by atoms with van der Waals surface area (Å²) in [6.45, 7) is -2.85. The molecule has 4 rings (SSSR count). The normalized spacial score (nSPS) is 11.1. The van der Waals surface area contributed by atoms with Crippen LogP contribution in [-0.2, 0) is 0 Å². The lowest BCUT2D eigenvalue weighted by Crippen LogP contribution is -2.02. The predicted molar refractivity (Wildman–Crippen MR) is 104 cm³/mol. The molecule has 27 heavy (non-hydrogen) atoms. The van der Waals surface area contributed by atoms with Crippen molar-refractivity contribution in [2.75, 3.05) is 5.32 Å². The molecule has 4 aromatic rings. The Labute approximate surface area is 162 Å². The van der Waals surface area contributed by atoms with Crippen LogP contribution in [0, 0.1) is 0 Å². The lowest BCUT2D eigenvalue weighted by molar-refractivity contribution is -0.0498. The maximum atomic E-state index is 12.3. The number of hydrogen-bond donors (Lipinski definition) is 1. The number of aromatic nitrogens is 2. The van der Waals surface area contributed by atoms with Gasteiger partial charge in [-0.25, -0.2) is 9.97 Å². The molecule has 0 unspecified atom stereocenters. The third kappa shape index (κ3) is 3.84. The van der Waals surface area contributed by atoms with E-state index in [1.807, 2.05) is 29.6 Å². The summed E-state index contributed by atoms with van der Waals surface area (Å²) in [5.41, 5.74) is 2.70. The number of benzene rings is 2. The number of hydrogen-bond acceptors (Lipinski definition) is 5. The van der Waals surface area contributed by atoms with Crippen LogP contribution in [0.5, 0.6) is 5.75 Å². The Kier molecular flexibility index (Phi) is 4.87. The van der Waals surface area contributed by atoms with Gasteiger partial charge in [0, 0.05) is 21.7 Å². The van der Waals surface area contributed by atoms with E-state index in [0.29, 0.717) is 16.5 Å². The highest BCUT2D eigenvalue weighted by Crippen LogP contribution is 2.37. The van der Waals surface area contributed by atoms with E-state index in [0.717, 1.165) is 21.3 Å². The first-order valence-corrected chi connectivity index (χ1v) is 9.16. The molecule has 0 aliphatic rings. The van der Waals surface area contributed by atoms with E-state index in [9.17, 15) is 8.78 Å². The van der Waals surface area contributed by atoms with Gasteiger partial charge in [0.2, 0.25) is 0 Å². The number of nitrogens with zero attached hydrogens (tertiary/aromatic N) is 2. The summed E-state index contributed by atoms with van der Waals surface area (Å²) in [7, 11) is 0. The van der Waals surface area contributed by atoms with Gasteiger partial charge >= 0.3 is 6.61 Å². The smallest absolute Gasteiger partial charge is 0.387 e. The summed E-state index contributed by atoms with van der Waals surface area (Å²) in [4.78, 5) is 9.53. The zero-order chi connectivity index (χ0) is 18.8. The molecule has 0 saturated heterocycles. The van der Waals surface area contributed by atoms with Crippen LogP contribution in [-0.4, -0.2) is 16.6 Å². The second kappa shape index (κ2) is 7.46. The number of alkyl halides is 2.